The van der Waals surface area contributed by atoms with Gasteiger partial charge in [0.05, 0.1) is 13.2 Å². The molecule has 0 spiro atoms. The van der Waals surface area contributed by atoms with E-state index in [9.17, 15) is 4.79 Å². The van der Waals surface area contributed by atoms with E-state index in [2.05, 4.69) is 6.92 Å². The van der Waals surface area contributed by atoms with E-state index in [1.807, 2.05) is 0 Å². The van der Waals surface area contributed by atoms with Crippen molar-refractivity contribution in [2.24, 2.45) is 0 Å². The average molecular weight is 158 g/mol. The predicted molar refractivity (Wildman–Crippen MR) is 40.2 cm³/mol. The Morgan fingerprint density at radius 1 is 1.73 bits per heavy atom. The van der Waals surface area contributed by atoms with Crippen LogP contribution in [-0.2, 0) is 14.3 Å². The molecule has 3 nitrogen and oxygen atoms in total. The molecule has 0 aromatic rings. The number of unbranched alkanes of at least 4 members (excludes halogenated alkanes) is 1. The molecule has 1 atom stereocenters. The molecular weight excluding hydrogens is 144 g/mol. The summed E-state index contributed by atoms with van der Waals surface area (Å²) < 4.78 is 9.86. The first-order chi connectivity index (χ1) is 5.19. The zero-order valence-corrected chi connectivity index (χ0v) is 7.05. The van der Waals surface area contributed by atoms with Gasteiger partial charge in [0, 0.05) is 0 Å². The molecule has 1 saturated heterocycles. The zero-order chi connectivity index (χ0) is 8.32. The molecule has 0 amide bonds. The summed E-state index contributed by atoms with van der Waals surface area (Å²) >= 11 is 0. The fraction of sp³-hybridized carbons (Fsp3) is 0.875. The molecule has 0 N–H and O–H groups in total. The first kappa shape index (κ1) is 8.53. The highest BCUT2D eigenvalue weighted by molar-refractivity contribution is 5.81. The molecule has 1 aliphatic heterocycles. The van der Waals surface area contributed by atoms with Crippen LogP contribution >= 0.6 is 0 Å². The summed E-state index contributed by atoms with van der Waals surface area (Å²) in [6, 6.07) is 0. The van der Waals surface area contributed by atoms with E-state index >= 15 is 0 Å². The Morgan fingerprint density at radius 2 is 2.36 bits per heavy atom. The summed E-state index contributed by atoms with van der Waals surface area (Å²) in [4.78, 5) is 11.1. The molecule has 0 aromatic heterocycles. The van der Waals surface area contributed by atoms with E-state index in [0.29, 0.717) is 13.2 Å². The Bertz CT molecular complexity index is 149. The van der Waals surface area contributed by atoms with Crippen LogP contribution in [0.3, 0.4) is 0 Å². The molecule has 3 heteroatoms. The molecule has 1 unspecified atom stereocenters. The van der Waals surface area contributed by atoms with Crippen LogP contribution in [0.5, 0.6) is 0 Å². The maximum Gasteiger partial charge on any atom is 0.340 e. The van der Waals surface area contributed by atoms with Crippen LogP contribution < -0.4 is 0 Å². The van der Waals surface area contributed by atoms with Crippen molar-refractivity contribution in [3.8, 4) is 0 Å². The number of hydrogen-bond donors (Lipinski definition) is 0. The van der Waals surface area contributed by atoms with Gasteiger partial charge >= 0.3 is 5.97 Å². The summed E-state index contributed by atoms with van der Waals surface area (Å²) in [5.41, 5.74) is -0.603. The number of carbonyl (C=O) groups excluding carboxylic acids is 1. The normalized spacial score (nSPS) is 28.2. The number of ether oxygens (including phenoxy) is 2. The molecule has 1 fully saturated rings. The van der Waals surface area contributed by atoms with E-state index in [4.69, 9.17) is 9.47 Å². The van der Waals surface area contributed by atoms with Crippen molar-refractivity contribution in [2.45, 2.75) is 32.3 Å². The Morgan fingerprint density at radius 3 is 2.82 bits per heavy atom. The highest BCUT2D eigenvalue weighted by Crippen LogP contribution is 2.27. The lowest BCUT2D eigenvalue weighted by Crippen LogP contribution is -2.23. The van der Waals surface area contributed by atoms with Crippen LogP contribution in [-0.4, -0.2) is 24.8 Å². The number of rotatable bonds is 4. The number of esters is 1. The molecular formula is C8H14O3. The Labute approximate surface area is 66.7 Å². The summed E-state index contributed by atoms with van der Waals surface area (Å²) in [6.45, 7) is 4.84. The Balaban J connectivity index is 2.12. The summed E-state index contributed by atoms with van der Waals surface area (Å²) in [7, 11) is 0. The van der Waals surface area contributed by atoms with Crippen molar-refractivity contribution in [3.05, 3.63) is 0 Å². The number of carbonyl (C=O) groups is 1. The van der Waals surface area contributed by atoms with Crippen LogP contribution in [0.4, 0.5) is 0 Å². The second-order valence-electron chi connectivity index (χ2n) is 3.01. The van der Waals surface area contributed by atoms with E-state index in [1.54, 1.807) is 6.92 Å². The van der Waals surface area contributed by atoms with Gasteiger partial charge in [-0.1, -0.05) is 13.3 Å². The standard InChI is InChI=1S/C8H14O3/c1-3-4-5-10-7(9)8(2)6-11-8/h3-6H2,1-2H3. The third-order valence-electron chi connectivity index (χ3n) is 1.74. The first-order valence-electron chi connectivity index (χ1n) is 4.00. The topological polar surface area (TPSA) is 38.8 Å². The van der Waals surface area contributed by atoms with Crippen molar-refractivity contribution < 1.29 is 14.3 Å². The van der Waals surface area contributed by atoms with Gasteiger partial charge in [0.1, 0.15) is 0 Å². The quantitative estimate of drug-likeness (QED) is 0.349. The van der Waals surface area contributed by atoms with E-state index in [-0.39, 0.29) is 5.97 Å². The SMILES string of the molecule is CCCCOC(=O)C1(C)CO1. The van der Waals surface area contributed by atoms with Crippen molar-refractivity contribution in [2.75, 3.05) is 13.2 Å². The second kappa shape index (κ2) is 3.22. The lowest BCUT2D eigenvalue weighted by molar-refractivity contribution is -0.149. The van der Waals surface area contributed by atoms with Gasteiger partial charge in [0.25, 0.3) is 0 Å². The van der Waals surface area contributed by atoms with E-state index in [1.165, 1.54) is 0 Å². The maximum atomic E-state index is 11.1. The molecule has 0 aliphatic carbocycles. The summed E-state index contributed by atoms with van der Waals surface area (Å²) in [6.07, 6.45) is 1.98. The highest BCUT2D eigenvalue weighted by atomic mass is 16.6. The summed E-state index contributed by atoms with van der Waals surface area (Å²) in [5, 5.41) is 0. The van der Waals surface area contributed by atoms with Crippen molar-refractivity contribution in [1.29, 1.82) is 0 Å². The minimum atomic E-state index is -0.603. The highest BCUT2D eigenvalue weighted by Gasteiger charge is 2.48. The molecule has 1 aliphatic rings. The third-order valence-corrected chi connectivity index (χ3v) is 1.74. The minimum absolute atomic E-state index is 0.217. The average Bonchev–Trinajstić information content (AvgIpc) is 2.70. The van der Waals surface area contributed by atoms with Gasteiger partial charge in [-0.2, -0.15) is 0 Å². The molecule has 64 valence electrons. The fourth-order valence-electron chi connectivity index (χ4n) is 0.688. The Kier molecular flexibility index (Phi) is 2.49. The molecule has 0 aromatic carbocycles. The first-order valence-corrected chi connectivity index (χ1v) is 4.00. The van der Waals surface area contributed by atoms with E-state index in [0.717, 1.165) is 12.8 Å². The van der Waals surface area contributed by atoms with E-state index < -0.39 is 5.60 Å². The zero-order valence-electron chi connectivity index (χ0n) is 7.05. The van der Waals surface area contributed by atoms with Crippen LogP contribution in [0.15, 0.2) is 0 Å². The van der Waals surface area contributed by atoms with Gasteiger partial charge in [-0.05, 0) is 13.3 Å². The van der Waals surface area contributed by atoms with Crippen molar-refractivity contribution in [3.63, 3.8) is 0 Å². The van der Waals surface area contributed by atoms with Crippen molar-refractivity contribution in [1.82, 2.24) is 0 Å². The Hall–Kier alpha value is -0.570. The second-order valence-corrected chi connectivity index (χ2v) is 3.01. The van der Waals surface area contributed by atoms with Gasteiger partial charge in [-0.3, -0.25) is 0 Å². The largest absolute Gasteiger partial charge is 0.463 e. The minimum Gasteiger partial charge on any atom is -0.463 e. The van der Waals surface area contributed by atoms with Gasteiger partial charge < -0.3 is 9.47 Å². The predicted octanol–water partition coefficient (Wildman–Crippen LogP) is 1.12. The van der Waals surface area contributed by atoms with Crippen LogP contribution in [0, 0.1) is 0 Å². The number of hydrogen-bond acceptors (Lipinski definition) is 3. The van der Waals surface area contributed by atoms with Gasteiger partial charge in [0.2, 0.25) is 0 Å². The van der Waals surface area contributed by atoms with Gasteiger partial charge in [-0.15, -0.1) is 0 Å². The van der Waals surface area contributed by atoms with Crippen molar-refractivity contribution >= 4 is 5.97 Å². The number of epoxide rings is 1. The lowest BCUT2D eigenvalue weighted by Gasteiger charge is -2.05. The fourth-order valence-corrected chi connectivity index (χ4v) is 0.688. The lowest BCUT2D eigenvalue weighted by atomic mass is 10.2. The third kappa shape index (κ3) is 2.19. The monoisotopic (exact) mass is 158 g/mol. The van der Waals surface area contributed by atoms with Gasteiger partial charge in [0.15, 0.2) is 5.60 Å². The summed E-state index contributed by atoms with van der Waals surface area (Å²) in [5.74, 6) is -0.217. The van der Waals surface area contributed by atoms with Crippen LogP contribution in [0.1, 0.15) is 26.7 Å². The maximum absolute atomic E-state index is 11.1. The molecule has 0 radical (unpaired) electrons. The van der Waals surface area contributed by atoms with Crippen LogP contribution in [0.2, 0.25) is 0 Å². The van der Waals surface area contributed by atoms with Gasteiger partial charge in [-0.25, -0.2) is 4.79 Å². The molecule has 0 bridgehead atoms. The molecule has 1 heterocycles. The molecule has 11 heavy (non-hydrogen) atoms. The molecule has 0 saturated carbocycles. The van der Waals surface area contributed by atoms with Crippen LogP contribution in [0.25, 0.3) is 0 Å². The smallest absolute Gasteiger partial charge is 0.340 e. The molecule has 1 rings (SSSR count).